The lowest BCUT2D eigenvalue weighted by molar-refractivity contribution is -0.140. The van der Waals surface area contributed by atoms with Crippen molar-refractivity contribution in [2.45, 2.75) is 26.1 Å². The smallest absolute Gasteiger partial charge is 0.305 e. The van der Waals surface area contributed by atoms with Crippen LogP contribution in [0.15, 0.2) is 18.2 Å². The van der Waals surface area contributed by atoms with Crippen molar-refractivity contribution in [1.29, 1.82) is 0 Å². The van der Waals surface area contributed by atoms with Crippen molar-refractivity contribution in [2.75, 3.05) is 20.7 Å². The minimum absolute atomic E-state index is 0.0374. The fourth-order valence-electron chi connectivity index (χ4n) is 2.19. The quantitative estimate of drug-likeness (QED) is 0.769. The van der Waals surface area contributed by atoms with Crippen LogP contribution in [-0.4, -0.2) is 37.5 Å². The number of carbonyl (C=O) groups is 2. The summed E-state index contributed by atoms with van der Waals surface area (Å²) < 4.78 is 9.91. The average Bonchev–Trinajstić information content (AvgIpc) is 2.93. The number of amides is 1. The van der Waals surface area contributed by atoms with Gasteiger partial charge >= 0.3 is 5.97 Å². The molecule has 0 atom stereocenters. The van der Waals surface area contributed by atoms with Crippen LogP contribution < -0.4 is 0 Å². The van der Waals surface area contributed by atoms with E-state index in [9.17, 15) is 9.59 Å². The van der Waals surface area contributed by atoms with Crippen molar-refractivity contribution in [2.24, 2.45) is 0 Å². The number of hydrogen-bond donors (Lipinski definition) is 0. The Morgan fingerprint density at radius 3 is 2.80 bits per heavy atom. The number of methoxy groups -OCH3 is 1. The first-order valence-electron chi connectivity index (χ1n) is 6.63. The van der Waals surface area contributed by atoms with Gasteiger partial charge in [0.2, 0.25) is 0 Å². The van der Waals surface area contributed by atoms with Crippen LogP contribution in [0.2, 0.25) is 0 Å². The molecule has 1 heterocycles. The van der Waals surface area contributed by atoms with Crippen molar-refractivity contribution in [3.05, 3.63) is 34.9 Å². The molecule has 1 aromatic carbocycles. The molecule has 0 radical (unpaired) electrons. The van der Waals surface area contributed by atoms with E-state index in [1.165, 1.54) is 7.11 Å². The Kier molecular flexibility index (Phi) is 4.74. The van der Waals surface area contributed by atoms with E-state index in [1.54, 1.807) is 11.9 Å². The van der Waals surface area contributed by atoms with Gasteiger partial charge in [-0.25, -0.2) is 0 Å². The fraction of sp³-hybridized carbons (Fsp3) is 0.467. The summed E-state index contributed by atoms with van der Waals surface area (Å²) in [5.41, 5.74) is 2.89. The van der Waals surface area contributed by atoms with Crippen molar-refractivity contribution in [3.8, 4) is 0 Å². The highest BCUT2D eigenvalue weighted by atomic mass is 16.5. The van der Waals surface area contributed by atoms with E-state index in [2.05, 4.69) is 4.74 Å². The first-order chi connectivity index (χ1) is 9.61. The number of carbonyl (C=O) groups excluding carboxylic acids is 2. The summed E-state index contributed by atoms with van der Waals surface area (Å²) in [6.07, 6.45) is 0.926. The highest BCUT2D eigenvalue weighted by Gasteiger charge is 2.16. The lowest BCUT2D eigenvalue weighted by Gasteiger charge is -2.17. The van der Waals surface area contributed by atoms with Crippen molar-refractivity contribution in [1.82, 2.24) is 4.90 Å². The molecule has 2 rings (SSSR count). The Morgan fingerprint density at radius 2 is 2.05 bits per heavy atom. The second-order valence-corrected chi connectivity index (χ2v) is 4.88. The number of fused-ring (bicyclic) bond motifs is 1. The Morgan fingerprint density at radius 1 is 1.30 bits per heavy atom. The lowest BCUT2D eigenvalue weighted by atomic mass is 10.1. The predicted octanol–water partition coefficient (Wildman–Crippen LogP) is 1.74. The molecule has 1 aromatic rings. The molecule has 1 aliphatic heterocycles. The largest absolute Gasteiger partial charge is 0.469 e. The van der Waals surface area contributed by atoms with Gasteiger partial charge in [0, 0.05) is 25.6 Å². The third-order valence-corrected chi connectivity index (χ3v) is 3.42. The lowest BCUT2D eigenvalue weighted by Crippen LogP contribution is -2.28. The van der Waals surface area contributed by atoms with Crippen LogP contribution in [0.4, 0.5) is 0 Å². The minimum atomic E-state index is -0.250. The van der Waals surface area contributed by atoms with Crippen LogP contribution in [0.5, 0.6) is 0 Å². The molecule has 5 heteroatoms. The van der Waals surface area contributed by atoms with Gasteiger partial charge in [-0.2, -0.15) is 0 Å². The van der Waals surface area contributed by atoms with Gasteiger partial charge in [0.05, 0.1) is 20.3 Å². The molecule has 1 amide bonds. The molecule has 108 valence electrons. The summed E-state index contributed by atoms with van der Waals surface area (Å²) in [6.45, 7) is 1.72. The van der Waals surface area contributed by atoms with Crippen molar-refractivity contribution in [3.63, 3.8) is 0 Å². The van der Waals surface area contributed by atoms with E-state index in [0.29, 0.717) is 38.2 Å². The van der Waals surface area contributed by atoms with Gasteiger partial charge < -0.3 is 14.4 Å². The van der Waals surface area contributed by atoms with E-state index in [-0.39, 0.29) is 11.9 Å². The monoisotopic (exact) mass is 277 g/mol. The standard InChI is InChI=1S/C15H19NO4/c1-16(7-3-4-14(17)19-2)15(18)11-5-6-12-9-20-10-13(12)8-11/h5-6,8H,3-4,7,9-10H2,1-2H3. The molecule has 0 N–H and O–H groups in total. The zero-order valence-corrected chi connectivity index (χ0v) is 11.8. The summed E-state index contributed by atoms with van der Waals surface area (Å²) in [5, 5.41) is 0. The van der Waals surface area contributed by atoms with Gasteiger partial charge in [0.25, 0.3) is 5.91 Å². The molecular formula is C15H19NO4. The molecular weight excluding hydrogens is 258 g/mol. The molecule has 0 bridgehead atoms. The number of esters is 1. The van der Waals surface area contributed by atoms with Crippen LogP contribution in [0.1, 0.15) is 34.3 Å². The average molecular weight is 277 g/mol. The van der Waals surface area contributed by atoms with E-state index in [0.717, 1.165) is 11.1 Å². The fourth-order valence-corrected chi connectivity index (χ4v) is 2.19. The van der Waals surface area contributed by atoms with E-state index in [4.69, 9.17) is 4.74 Å². The summed E-state index contributed by atoms with van der Waals surface area (Å²) in [5.74, 6) is -0.287. The van der Waals surface area contributed by atoms with Gasteiger partial charge in [0.15, 0.2) is 0 Å². The van der Waals surface area contributed by atoms with Gasteiger partial charge in [-0.3, -0.25) is 9.59 Å². The minimum Gasteiger partial charge on any atom is -0.469 e. The van der Waals surface area contributed by atoms with Gasteiger partial charge in [-0.05, 0) is 29.7 Å². The summed E-state index contributed by atoms with van der Waals surface area (Å²) >= 11 is 0. The Hall–Kier alpha value is -1.88. The maximum Gasteiger partial charge on any atom is 0.305 e. The molecule has 0 spiro atoms. The Labute approximate surface area is 118 Å². The van der Waals surface area contributed by atoms with Crippen LogP contribution in [0.25, 0.3) is 0 Å². The maximum absolute atomic E-state index is 12.3. The number of ether oxygens (including phenoxy) is 2. The van der Waals surface area contributed by atoms with E-state index >= 15 is 0 Å². The molecule has 1 aliphatic rings. The number of hydrogen-bond acceptors (Lipinski definition) is 4. The first-order valence-corrected chi connectivity index (χ1v) is 6.63. The highest BCUT2D eigenvalue weighted by Crippen LogP contribution is 2.21. The van der Waals surface area contributed by atoms with E-state index in [1.807, 2.05) is 18.2 Å². The third kappa shape index (κ3) is 3.36. The maximum atomic E-state index is 12.3. The highest BCUT2D eigenvalue weighted by molar-refractivity contribution is 5.94. The molecule has 0 aliphatic carbocycles. The normalized spacial score (nSPS) is 12.9. The van der Waals surface area contributed by atoms with Crippen LogP contribution in [-0.2, 0) is 27.5 Å². The Bertz CT molecular complexity index is 513. The molecule has 0 saturated heterocycles. The van der Waals surface area contributed by atoms with Gasteiger partial charge in [-0.15, -0.1) is 0 Å². The third-order valence-electron chi connectivity index (χ3n) is 3.42. The number of rotatable bonds is 5. The van der Waals surface area contributed by atoms with Gasteiger partial charge in [0.1, 0.15) is 0 Å². The van der Waals surface area contributed by atoms with Crippen molar-refractivity contribution < 1.29 is 19.1 Å². The topological polar surface area (TPSA) is 55.8 Å². The molecule has 0 fully saturated rings. The second-order valence-electron chi connectivity index (χ2n) is 4.88. The first kappa shape index (κ1) is 14.5. The molecule has 0 unspecified atom stereocenters. The zero-order valence-electron chi connectivity index (χ0n) is 11.8. The van der Waals surface area contributed by atoms with Gasteiger partial charge in [-0.1, -0.05) is 6.07 Å². The van der Waals surface area contributed by atoms with Crippen LogP contribution in [0.3, 0.4) is 0 Å². The summed E-state index contributed by atoms with van der Waals surface area (Å²) in [6, 6.07) is 5.66. The molecule has 0 aromatic heterocycles. The number of benzene rings is 1. The second kappa shape index (κ2) is 6.52. The van der Waals surface area contributed by atoms with Crippen molar-refractivity contribution >= 4 is 11.9 Å². The summed E-state index contributed by atoms with van der Waals surface area (Å²) in [7, 11) is 3.10. The predicted molar refractivity (Wildman–Crippen MR) is 73.1 cm³/mol. The SMILES string of the molecule is COC(=O)CCCN(C)C(=O)c1ccc2c(c1)COC2. The molecule has 0 saturated carbocycles. The zero-order chi connectivity index (χ0) is 14.5. The summed E-state index contributed by atoms with van der Waals surface area (Å²) in [4.78, 5) is 24.9. The molecule has 5 nitrogen and oxygen atoms in total. The van der Waals surface area contributed by atoms with Crippen LogP contribution >= 0.6 is 0 Å². The Balaban J connectivity index is 1.91. The van der Waals surface area contributed by atoms with Crippen LogP contribution in [0, 0.1) is 0 Å². The molecule has 20 heavy (non-hydrogen) atoms. The number of nitrogens with zero attached hydrogens (tertiary/aromatic N) is 1. The van der Waals surface area contributed by atoms with E-state index < -0.39 is 0 Å².